The zero-order valence-corrected chi connectivity index (χ0v) is 15.2. The van der Waals surface area contributed by atoms with Crippen molar-refractivity contribution in [2.75, 3.05) is 26.6 Å². The fourth-order valence-electron chi connectivity index (χ4n) is 2.06. The molecule has 0 bridgehead atoms. The summed E-state index contributed by atoms with van der Waals surface area (Å²) in [6.07, 6.45) is 3.16. The van der Waals surface area contributed by atoms with E-state index in [1.165, 1.54) is 6.08 Å². The Bertz CT molecular complexity index is 741. The maximum absolute atomic E-state index is 12.0. The van der Waals surface area contributed by atoms with Gasteiger partial charge in [0, 0.05) is 11.8 Å². The molecule has 0 aromatic heterocycles. The van der Waals surface area contributed by atoms with Gasteiger partial charge in [-0.25, -0.2) is 0 Å². The maximum atomic E-state index is 12.0. The first-order chi connectivity index (χ1) is 11.6. The summed E-state index contributed by atoms with van der Waals surface area (Å²) in [5, 5.41) is 2.78. The van der Waals surface area contributed by atoms with Crippen LogP contribution in [0, 0.1) is 0 Å². The number of rotatable bonds is 6. The number of anilines is 1. The molecule has 0 aliphatic carbocycles. The van der Waals surface area contributed by atoms with Crippen LogP contribution in [0.25, 0.3) is 6.08 Å². The van der Waals surface area contributed by atoms with Crippen LogP contribution in [-0.4, -0.2) is 27.2 Å². The smallest absolute Gasteiger partial charge is 0.248 e. The summed E-state index contributed by atoms with van der Waals surface area (Å²) >= 11 is 3.42. The normalized spacial score (nSPS) is 10.5. The van der Waals surface area contributed by atoms with Crippen molar-refractivity contribution in [2.24, 2.45) is 0 Å². The summed E-state index contributed by atoms with van der Waals surface area (Å²) in [4.78, 5) is 12.0. The lowest BCUT2D eigenvalue weighted by molar-refractivity contribution is -0.111. The third-order valence-electron chi connectivity index (χ3n) is 3.24. The number of benzene rings is 2. The van der Waals surface area contributed by atoms with Crippen molar-refractivity contribution in [3.8, 4) is 17.2 Å². The summed E-state index contributed by atoms with van der Waals surface area (Å²) in [6.45, 7) is 0. The van der Waals surface area contributed by atoms with E-state index >= 15 is 0 Å². The van der Waals surface area contributed by atoms with Gasteiger partial charge in [0.25, 0.3) is 0 Å². The molecule has 24 heavy (non-hydrogen) atoms. The SMILES string of the molecule is COc1ccc(NC(=O)C=Cc2cc(Br)c(OC)c(OC)c2)cc1. The van der Waals surface area contributed by atoms with E-state index < -0.39 is 0 Å². The van der Waals surface area contributed by atoms with Crippen LogP contribution in [0.4, 0.5) is 5.69 Å². The van der Waals surface area contributed by atoms with E-state index in [9.17, 15) is 4.79 Å². The third-order valence-corrected chi connectivity index (χ3v) is 3.83. The minimum Gasteiger partial charge on any atom is -0.497 e. The summed E-state index contributed by atoms with van der Waals surface area (Å²) in [7, 11) is 4.73. The molecule has 1 N–H and O–H groups in total. The molecule has 0 saturated heterocycles. The van der Waals surface area contributed by atoms with Gasteiger partial charge in [0.2, 0.25) is 5.91 Å². The fourth-order valence-corrected chi connectivity index (χ4v) is 2.69. The Balaban J connectivity index is 2.09. The van der Waals surface area contributed by atoms with Crippen molar-refractivity contribution < 1.29 is 19.0 Å². The van der Waals surface area contributed by atoms with E-state index in [2.05, 4.69) is 21.2 Å². The highest BCUT2D eigenvalue weighted by Gasteiger charge is 2.09. The van der Waals surface area contributed by atoms with Crippen LogP contribution in [0.15, 0.2) is 46.9 Å². The summed E-state index contributed by atoms with van der Waals surface area (Å²) < 4.78 is 16.4. The van der Waals surface area contributed by atoms with E-state index in [1.54, 1.807) is 57.7 Å². The second-order valence-electron chi connectivity index (χ2n) is 4.79. The van der Waals surface area contributed by atoms with E-state index in [0.717, 1.165) is 15.8 Å². The minimum atomic E-state index is -0.230. The Labute approximate surface area is 149 Å². The van der Waals surface area contributed by atoms with Crippen LogP contribution in [0.2, 0.25) is 0 Å². The van der Waals surface area contributed by atoms with Gasteiger partial charge >= 0.3 is 0 Å². The van der Waals surface area contributed by atoms with Gasteiger partial charge in [-0.1, -0.05) is 0 Å². The Hall–Kier alpha value is -2.47. The molecule has 0 aliphatic heterocycles. The van der Waals surface area contributed by atoms with Crippen LogP contribution in [0.1, 0.15) is 5.56 Å². The molecule has 2 aromatic carbocycles. The zero-order valence-electron chi connectivity index (χ0n) is 13.6. The molecule has 0 spiro atoms. The average Bonchev–Trinajstić information content (AvgIpc) is 2.60. The molecule has 0 saturated carbocycles. The standard InChI is InChI=1S/C18H18BrNO4/c1-22-14-7-5-13(6-8-14)20-17(21)9-4-12-10-15(19)18(24-3)16(11-12)23-2/h4-11H,1-3H3,(H,20,21). The molecule has 126 valence electrons. The fraction of sp³-hybridized carbons (Fsp3) is 0.167. The maximum Gasteiger partial charge on any atom is 0.248 e. The first kappa shape index (κ1) is 17.9. The zero-order chi connectivity index (χ0) is 17.5. The van der Waals surface area contributed by atoms with Gasteiger partial charge in [0.05, 0.1) is 25.8 Å². The highest BCUT2D eigenvalue weighted by atomic mass is 79.9. The van der Waals surface area contributed by atoms with Gasteiger partial charge in [0.15, 0.2) is 11.5 Å². The first-order valence-electron chi connectivity index (χ1n) is 7.12. The molecular weight excluding hydrogens is 374 g/mol. The molecule has 0 fully saturated rings. The number of amides is 1. The van der Waals surface area contributed by atoms with E-state index in [0.29, 0.717) is 17.2 Å². The number of halogens is 1. The van der Waals surface area contributed by atoms with Crippen LogP contribution < -0.4 is 19.5 Å². The second kappa shape index (κ2) is 8.40. The number of carbonyl (C=O) groups excluding carboxylic acids is 1. The number of hydrogen-bond acceptors (Lipinski definition) is 4. The van der Waals surface area contributed by atoms with Gasteiger partial charge in [-0.2, -0.15) is 0 Å². The van der Waals surface area contributed by atoms with E-state index in [-0.39, 0.29) is 5.91 Å². The molecule has 0 unspecified atom stereocenters. The van der Waals surface area contributed by atoms with Crippen LogP contribution in [-0.2, 0) is 4.79 Å². The second-order valence-corrected chi connectivity index (χ2v) is 5.64. The van der Waals surface area contributed by atoms with Gasteiger partial charge < -0.3 is 19.5 Å². The molecule has 2 rings (SSSR count). The Morgan fingerprint density at radius 2 is 1.75 bits per heavy atom. The Morgan fingerprint density at radius 1 is 1.04 bits per heavy atom. The number of hydrogen-bond donors (Lipinski definition) is 1. The van der Waals surface area contributed by atoms with E-state index in [4.69, 9.17) is 14.2 Å². The first-order valence-corrected chi connectivity index (χ1v) is 7.91. The van der Waals surface area contributed by atoms with Crippen molar-refractivity contribution in [1.82, 2.24) is 0 Å². The number of carbonyl (C=O) groups is 1. The monoisotopic (exact) mass is 391 g/mol. The predicted octanol–water partition coefficient (Wildman–Crippen LogP) is 4.13. The third kappa shape index (κ3) is 4.52. The van der Waals surface area contributed by atoms with Crippen molar-refractivity contribution in [2.45, 2.75) is 0 Å². The van der Waals surface area contributed by atoms with Crippen molar-refractivity contribution in [3.05, 3.63) is 52.5 Å². The highest BCUT2D eigenvalue weighted by molar-refractivity contribution is 9.10. The van der Waals surface area contributed by atoms with Gasteiger partial charge in [-0.05, 0) is 64.0 Å². The van der Waals surface area contributed by atoms with Crippen LogP contribution >= 0.6 is 15.9 Å². The molecular formula is C18H18BrNO4. The molecule has 0 atom stereocenters. The largest absolute Gasteiger partial charge is 0.497 e. The molecule has 0 aliphatic rings. The van der Waals surface area contributed by atoms with Crippen molar-refractivity contribution in [1.29, 1.82) is 0 Å². The predicted molar refractivity (Wildman–Crippen MR) is 97.9 cm³/mol. The summed E-state index contributed by atoms with van der Waals surface area (Å²) in [5.41, 5.74) is 1.50. The molecule has 2 aromatic rings. The van der Waals surface area contributed by atoms with Gasteiger partial charge in [-0.15, -0.1) is 0 Å². The van der Waals surface area contributed by atoms with Crippen LogP contribution in [0.5, 0.6) is 17.2 Å². The molecule has 5 nitrogen and oxygen atoms in total. The van der Waals surface area contributed by atoms with Gasteiger partial charge in [0.1, 0.15) is 5.75 Å². The lowest BCUT2D eigenvalue weighted by Crippen LogP contribution is -2.07. The molecule has 0 heterocycles. The number of nitrogens with one attached hydrogen (secondary N) is 1. The Kier molecular flexibility index (Phi) is 6.26. The van der Waals surface area contributed by atoms with Crippen LogP contribution in [0.3, 0.4) is 0 Å². The van der Waals surface area contributed by atoms with Crippen molar-refractivity contribution in [3.63, 3.8) is 0 Å². The lowest BCUT2D eigenvalue weighted by atomic mass is 10.2. The van der Waals surface area contributed by atoms with Crippen molar-refractivity contribution >= 4 is 33.6 Å². The quantitative estimate of drug-likeness (QED) is 0.752. The van der Waals surface area contributed by atoms with E-state index in [1.807, 2.05) is 6.07 Å². The molecule has 6 heteroatoms. The number of ether oxygens (including phenoxy) is 3. The topological polar surface area (TPSA) is 56.8 Å². The lowest BCUT2D eigenvalue weighted by Gasteiger charge is -2.10. The molecule has 0 radical (unpaired) electrons. The number of methoxy groups -OCH3 is 3. The summed E-state index contributed by atoms with van der Waals surface area (Å²) in [5.74, 6) is 1.70. The highest BCUT2D eigenvalue weighted by Crippen LogP contribution is 2.36. The summed E-state index contributed by atoms with van der Waals surface area (Å²) in [6, 6.07) is 10.8. The Morgan fingerprint density at radius 3 is 2.33 bits per heavy atom. The molecule has 1 amide bonds. The average molecular weight is 392 g/mol. The minimum absolute atomic E-state index is 0.230. The van der Waals surface area contributed by atoms with Gasteiger partial charge in [-0.3, -0.25) is 4.79 Å².